The Labute approximate surface area is 149 Å². The molecule has 1 fully saturated rings. The highest BCUT2D eigenvalue weighted by atomic mass is 32.1. The number of carbonyl (C=O) groups is 1. The van der Waals surface area contributed by atoms with Gasteiger partial charge in [0.15, 0.2) is 0 Å². The molecule has 5 nitrogen and oxygen atoms in total. The number of aromatic nitrogens is 2. The number of fused-ring (bicyclic) bond motifs is 1. The minimum absolute atomic E-state index is 0.112. The highest BCUT2D eigenvalue weighted by molar-refractivity contribution is 7.11. The number of aliphatic hydroxyl groups excluding tert-OH is 1. The largest absolute Gasteiger partial charge is 0.393 e. The number of benzene rings is 1. The summed E-state index contributed by atoms with van der Waals surface area (Å²) in [5.74, 6) is 0.106. The fraction of sp³-hybridized carbons (Fsp3) is 0.316. The van der Waals surface area contributed by atoms with Crippen LogP contribution in [0.5, 0.6) is 0 Å². The van der Waals surface area contributed by atoms with Crippen LogP contribution in [0, 0.1) is 12.8 Å². The van der Waals surface area contributed by atoms with Crippen molar-refractivity contribution in [1.82, 2.24) is 15.3 Å². The van der Waals surface area contributed by atoms with Crippen molar-refractivity contribution in [3.8, 4) is 0 Å². The number of rotatable bonds is 4. The second-order valence-corrected chi connectivity index (χ2v) is 7.42. The van der Waals surface area contributed by atoms with E-state index in [0.717, 1.165) is 22.2 Å². The first-order chi connectivity index (χ1) is 12.1. The Morgan fingerprint density at radius 3 is 2.84 bits per heavy atom. The first-order valence-electron chi connectivity index (χ1n) is 8.35. The highest BCUT2D eigenvalue weighted by Crippen LogP contribution is 2.38. The average molecular weight is 353 g/mol. The van der Waals surface area contributed by atoms with E-state index in [1.807, 2.05) is 37.4 Å². The second kappa shape index (κ2) is 6.54. The van der Waals surface area contributed by atoms with Crippen molar-refractivity contribution >= 4 is 28.1 Å². The summed E-state index contributed by atoms with van der Waals surface area (Å²) >= 11 is 1.35. The summed E-state index contributed by atoms with van der Waals surface area (Å²) in [5, 5.41) is 13.9. The molecule has 25 heavy (non-hydrogen) atoms. The van der Waals surface area contributed by atoms with Crippen LogP contribution in [-0.4, -0.2) is 27.1 Å². The maximum absolute atomic E-state index is 12.7. The lowest BCUT2D eigenvalue weighted by Crippen LogP contribution is -2.41. The van der Waals surface area contributed by atoms with Gasteiger partial charge >= 0.3 is 0 Å². The van der Waals surface area contributed by atoms with E-state index in [1.54, 1.807) is 5.51 Å². The molecule has 0 unspecified atom stereocenters. The SMILES string of the molecule is Cc1ncsc1C(=O)N[C@H](c1cnc2ccccc2c1)C1CC(O)C1. The van der Waals surface area contributed by atoms with E-state index in [2.05, 4.69) is 21.4 Å². The van der Waals surface area contributed by atoms with Crippen molar-refractivity contribution in [1.29, 1.82) is 0 Å². The Balaban J connectivity index is 1.65. The van der Waals surface area contributed by atoms with Crippen molar-refractivity contribution in [3.05, 3.63) is 58.2 Å². The molecule has 3 aromatic rings. The molecular weight excluding hydrogens is 334 g/mol. The van der Waals surface area contributed by atoms with E-state index in [9.17, 15) is 9.90 Å². The monoisotopic (exact) mass is 353 g/mol. The minimum atomic E-state index is -0.275. The van der Waals surface area contributed by atoms with Crippen LogP contribution >= 0.6 is 11.3 Å². The lowest BCUT2D eigenvalue weighted by atomic mass is 9.75. The van der Waals surface area contributed by atoms with Gasteiger partial charge in [-0.1, -0.05) is 18.2 Å². The van der Waals surface area contributed by atoms with Gasteiger partial charge in [0, 0.05) is 11.6 Å². The van der Waals surface area contributed by atoms with E-state index in [4.69, 9.17) is 0 Å². The molecule has 2 aromatic heterocycles. The Hall–Kier alpha value is -2.31. The van der Waals surface area contributed by atoms with Crippen molar-refractivity contribution in [2.75, 3.05) is 0 Å². The van der Waals surface area contributed by atoms with Crippen LogP contribution < -0.4 is 5.32 Å². The predicted octanol–water partition coefficient (Wildman–Crippen LogP) is 3.24. The van der Waals surface area contributed by atoms with Crippen LogP contribution in [-0.2, 0) is 0 Å². The zero-order chi connectivity index (χ0) is 17.4. The van der Waals surface area contributed by atoms with Crippen LogP contribution in [0.1, 0.15) is 39.8 Å². The van der Waals surface area contributed by atoms with Gasteiger partial charge in [0.25, 0.3) is 5.91 Å². The Bertz CT molecular complexity index is 918. The van der Waals surface area contributed by atoms with E-state index in [0.29, 0.717) is 17.7 Å². The second-order valence-electron chi connectivity index (χ2n) is 6.56. The molecule has 6 heteroatoms. The summed E-state index contributed by atoms with van der Waals surface area (Å²) in [6.45, 7) is 1.84. The van der Waals surface area contributed by atoms with Crippen LogP contribution in [0.15, 0.2) is 42.0 Å². The number of nitrogens with one attached hydrogen (secondary N) is 1. The molecule has 2 N–H and O–H groups in total. The molecular formula is C19H19N3O2S. The minimum Gasteiger partial charge on any atom is -0.393 e. The maximum atomic E-state index is 12.7. The number of hydrogen-bond donors (Lipinski definition) is 2. The molecule has 0 bridgehead atoms. The number of para-hydroxylation sites is 1. The summed E-state index contributed by atoms with van der Waals surface area (Å²) in [6, 6.07) is 9.86. The summed E-state index contributed by atoms with van der Waals surface area (Å²) in [5.41, 5.74) is 4.34. The van der Waals surface area contributed by atoms with Crippen LogP contribution in [0.4, 0.5) is 0 Å². The van der Waals surface area contributed by atoms with Crippen LogP contribution in [0.3, 0.4) is 0 Å². The van der Waals surface area contributed by atoms with Gasteiger partial charge in [0.05, 0.1) is 28.9 Å². The van der Waals surface area contributed by atoms with E-state index in [-0.39, 0.29) is 24.0 Å². The standard InChI is InChI=1S/C19H19N3O2S/c1-11-18(25-10-21-11)19(24)22-17(13-7-15(23)8-13)14-6-12-4-2-3-5-16(12)20-9-14/h2-6,9-10,13,15,17,23H,7-8H2,1H3,(H,22,24)/t13?,15?,17-/m0/s1. The zero-order valence-corrected chi connectivity index (χ0v) is 14.7. The molecule has 0 aliphatic heterocycles. The number of hydrogen-bond acceptors (Lipinski definition) is 5. The molecule has 0 saturated heterocycles. The number of nitrogens with zero attached hydrogens (tertiary/aromatic N) is 2. The van der Waals surface area contributed by atoms with Crippen molar-refractivity contribution in [2.24, 2.45) is 5.92 Å². The maximum Gasteiger partial charge on any atom is 0.263 e. The summed E-state index contributed by atoms with van der Waals surface area (Å²) in [4.78, 5) is 22.0. The molecule has 1 aromatic carbocycles. The molecule has 128 valence electrons. The van der Waals surface area contributed by atoms with Gasteiger partial charge < -0.3 is 10.4 Å². The normalized spacial score (nSPS) is 20.9. The van der Waals surface area contributed by atoms with Gasteiger partial charge in [-0.25, -0.2) is 4.98 Å². The van der Waals surface area contributed by atoms with Gasteiger partial charge in [-0.2, -0.15) is 0 Å². The van der Waals surface area contributed by atoms with E-state index < -0.39 is 0 Å². The van der Waals surface area contributed by atoms with Crippen molar-refractivity contribution in [2.45, 2.75) is 31.9 Å². The Morgan fingerprint density at radius 1 is 1.32 bits per heavy atom. The number of carbonyl (C=O) groups excluding carboxylic acids is 1. The Morgan fingerprint density at radius 2 is 2.12 bits per heavy atom. The Kier molecular flexibility index (Phi) is 4.23. The summed E-state index contributed by atoms with van der Waals surface area (Å²) in [7, 11) is 0. The van der Waals surface area contributed by atoms with Crippen LogP contribution in [0.2, 0.25) is 0 Å². The number of thiazole rings is 1. The third-order valence-corrected chi connectivity index (χ3v) is 5.76. The van der Waals surface area contributed by atoms with Crippen LogP contribution in [0.25, 0.3) is 10.9 Å². The van der Waals surface area contributed by atoms with E-state index in [1.165, 1.54) is 11.3 Å². The number of pyridine rings is 1. The molecule has 2 heterocycles. The molecule has 4 rings (SSSR count). The fourth-order valence-electron chi connectivity index (χ4n) is 3.36. The summed E-state index contributed by atoms with van der Waals surface area (Å²) < 4.78 is 0. The molecule has 0 spiro atoms. The predicted molar refractivity (Wildman–Crippen MR) is 97.5 cm³/mol. The van der Waals surface area contributed by atoms with Gasteiger partial charge in [0.1, 0.15) is 4.88 Å². The molecule has 0 radical (unpaired) electrons. The van der Waals surface area contributed by atoms with E-state index >= 15 is 0 Å². The molecule has 1 amide bonds. The quantitative estimate of drug-likeness (QED) is 0.755. The summed E-state index contributed by atoms with van der Waals surface area (Å²) in [6.07, 6.45) is 2.94. The molecule has 1 atom stereocenters. The van der Waals surface area contributed by atoms with Crippen molar-refractivity contribution < 1.29 is 9.90 Å². The first-order valence-corrected chi connectivity index (χ1v) is 9.23. The fourth-order valence-corrected chi connectivity index (χ4v) is 4.07. The third-order valence-electron chi connectivity index (χ3n) is 4.83. The molecule has 1 saturated carbocycles. The first kappa shape index (κ1) is 16.2. The zero-order valence-electron chi connectivity index (χ0n) is 13.8. The third kappa shape index (κ3) is 3.15. The number of aliphatic hydroxyl groups is 1. The smallest absolute Gasteiger partial charge is 0.263 e. The topological polar surface area (TPSA) is 75.1 Å². The number of aryl methyl sites for hydroxylation is 1. The number of amides is 1. The van der Waals surface area contributed by atoms with Gasteiger partial charge in [0.2, 0.25) is 0 Å². The lowest BCUT2D eigenvalue weighted by molar-refractivity contribution is 0.0235. The van der Waals surface area contributed by atoms with Crippen molar-refractivity contribution in [3.63, 3.8) is 0 Å². The average Bonchev–Trinajstić information content (AvgIpc) is 3.03. The molecule has 1 aliphatic carbocycles. The molecule has 1 aliphatic rings. The highest BCUT2D eigenvalue weighted by Gasteiger charge is 2.36. The van der Waals surface area contributed by atoms with Gasteiger partial charge in [-0.15, -0.1) is 11.3 Å². The van der Waals surface area contributed by atoms with Gasteiger partial charge in [-0.3, -0.25) is 9.78 Å². The lowest BCUT2D eigenvalue weighted by Gasteiger charge is -2.38. The van der Waals surface area contributed by atoms with Gasteiger partial charge in [-0.05, 0) is 43.4 Å².